The van der Waals surface area contributed by atoms with E-state index in [4.69, 9.17) is 20.9 Å². The molecule has 3 aromatic rings. The van der Waals surface area contributed by atoms with Gasteiger partial charge in [-0.05, 0) is 42.5 Å². The molecule has 2 aliphatic heterocycles. The predicted octanol–water partition coefficient (Wildman–Crippen LogP) is 2.39. The Morgan fingerprint density at radius 2 is 1.63 bits per heavy atom. The number of carbonyl (C=O) groups excluding carboxylic acids is 2. The second kappa shape index (κ2) is 14.6. The van der Waals surface area contributed by atoms with E-state index in [0.29, 0.717) is 56.9 Å². The lowest BCUT2D eigenvalue weighted by Crippen LogP contribution is -2.51. The quantitative estimate of drug-likeness (QED) is 0.154. The molecular weight excluding hydrogens is 544 g/mol. The fourth-order valence-corrected chi connectivity index (χ4v) is 5.61. The van der Waals surface area contributed by atoms with Crippen LogP contribution < -0.4 is 31.6 Å². The van der Waals surface area contributed by atoms with E-state index in [1.165, 1.54) is 0 Å². The number of carbonyl (C=O) groups is 2. The van der Waals surface area contributed by atoms with Crippen molar-refractivity contribution in [2.75, 3.05) is 32.8 Å². The van der Waals surface area contributed by atoms with E-state index < -0.39 is 12.1 Å². The zero-order valence-electron chi connectivity index (χ0n) is 24.2. The molecule has 2 amide bonds. The largest absolute Gasteiger partial charge is 0.485 e. The number of nitrogens with zero attached hydrogens (tertiary/aromatic N) is 2. The Morgan fingerprint density at radius 1 is 0.977 bits per heavy atom. The van der Waals surface area contributed by atoms with E-state index in [9.17, 15) is 9.59 Å². The van der Waals surface area contributed by atoms with Gasteiger partial charge < -0.3 is 36.5 Å². The van der Waals surface area contributed by atoms with Crippen LogP contribution in [0.25, 0.3) is 0 Å². The molecule has 0 aliphatic carbocycles. The van der Waals surface area contributed by atoms with Crippen LogP contribution >= 0.6 is 0 Å². The number of nitrogens with two attached hydrogens (primary N) is 2. The van der Waals surface area contributed by atoms with Gasteiger partial charge in [0.05, 0.1) is 6.04 Å². The summed E-state index contributed by atoms with van der Waals surface area (Å²) in [4.78, 5) is 33.0. The third-order valence-corrected chi connectivity index (χ3v) is 7.87. The van der Waals surface area contributed by atoms with E-state index in [0.717, 1.165) is 11.1 Å². The molecule has 43 heavy (non-hydrogen) atoms. The maximum absolute atomic E-state index is 14.0. The molecule has 5 rings (SSSR count). The summed E-state index contributed by atoms with van der Waals surface area (Å²) in [5.74, 6) is 1.03. The van der Waals surface area contributed by atoms with Gasteiger partial charge in [0.1, 0.15) is 6.61 Å². The molecule has 3 aromatic carbocycles. The van der Waals surface area contributed by atoms with E-state index in [1.54, 1.807) is 6.07 Å². The van der Waals surface area contributed by atoms with Gasteiger partial charge in [-0.1, -0.05) is 72.8 Å². The Bertz CT molecular complexity index is 1340. The average Bonchev–Trinajstić information content (AvgIpc) is 3.19. The first-order chi connectivity index (χ1) is 21.0. The molecule has 2 heterocycles. The van der Waals surface area contributed by atoms with Crippen molar-refractivity contribution < 1.29 is 19.1 Å². The normalized spacial score (nSPS) is 19.9. The zero-order chi connectivity index (χ0) is 30.0. The standard InChI is InChI=1S/C33H40N6O4/c34-33(35)36-18-9-14-27-32(41)39(21-26(23-10-3-1-4-11-23)24-12-5-2-6-13-24)19-17-25(38-27)20-37-31(40)30-22-42-28-15-7-8-16-29(28)43-30/h1-8,10-13,15-16,25-27,30,38H,9,14,17-22H2,(H,37,40)(H4,34,35,36)/t25-,27-,30?/m0/s1. The fraction of sp³-hybridized carbons (Fsp3) is 0.364. The fourth-order valence-electron chi connectivity index (χ4n) is 5.61. The van der Waals surface area contributed by atoms with Gasteiger partial charge >= 0.3 is 0 Å². The van der Waals surface area contributed by atoms with Gasteiger partial charge in [0.15, 0.2) is 17.5 Å². The minimum absolute atomic E-state index is 0.0243. The van der Waals surface area contributed by atoms with Crippen LogP contribution in [0.15, 0.2) is 89.9 Å². The third-order valence-electron chi connectivity index (χ3n) is 7.87. The molecule has 2 aliphatic rings. The lowest BCUT2D eigenvalue weighted by molar-refractivity contribution is -0.133. The van der Waals surface area contributed by atoms with Crippen molar-refractivity contribution in [1.82, 2.24) is 15.5 Å². The number of fused-ring (bicyclic) bond motifs is 1. The molecule has 0 bridgehead atoms. The van der Waals surface area contributed by atoms with Gasteiger partial charge in [0.2, 0.25) is 12.0 Å². The first-order valence-corrected chi connectivity index (χ1v) is 14.8. The van der Waals surface area contributed by atoms with Crippen molar-refractivity contribution in [3.8, 4) is 11.5 Å². The molecule has 10 nitrogen and oxygen atoms in total. The molecule has 10 heteroatoms. The smallest absolute Gasteiger partial charge is 0.264 e. The van der Waals surface area contributed by atoms with Crippen LogP contribution in [0, 0.1) is 0 Å². The molecule has 0 aromatic heterocycles. The summed E-state index contributed by atoms with van der Waals surface area (Å²) in [5.41, 5.74) is 13.3. The van der Waals surface area contributed by atoms with Gasteiger partial charge in [-0.3, -0.25) is 14.6 Å². The summed E-state index contributed by atoms with van der Waals surface area (Å²) in [5, 5.41) is 6.54. The van der Waals surface area contributed by atoms with Crippen molar-refractivity contribution in [2.24, 2.45) is 16.5 Å². The summed E-state index contributed by atoms with van der Waals surface area (Å²) in [6.45, 7) is 2.04. The molecule has 226 valence electrons. The van der Waals surface area contributed by atoms with Crippen LogP contribution in [0.4, 0.5) is 0 Å². The minimum Gasteiger partial charge on any atom is -0.485 e. The maximum Gasteiger partial charge on any atom is 0.264 e. The summed E-state index contributed by atoms with van der Waals surface area (Å²) in [6.07, 6.45) is 1.14. The van der Waals surface area contributed by atoms with Gasteiger partial charge in [0.25, 0.3) is 5.91 Å². The Balaban J connectivity index is 1.27. The summed E-state index contributed by atoms with van der Waals surface area (Å²) in [7, 11) is 0. The molecule has 1 unspecified atom stereocenters. The number of benzene rings is 3. The number of hydrogen-bond donors (Lipinski definition) is 4. The Labute approximate surface area is 252 Å². The van der Waals surface area contributed by atoms with Crippen molar-refractivity contribution in [1.29, 1.82) is 0 Å². The topological polar surface area (TPSA) is 144 Å². The number of aliphatic imine (C=N–C) groups is 1. The molecule has 0 spiro atoms. The first-order valence-electron chi connectivity index (χ1n) is 14.8. The highest BCUT2D eigenvalue weighted by Crippen LogP contribution is 2.31. The molecule has 0 saturated carbocycles. The van der Waals surface area contributed by atoms with Crippen LogP contribution in [0.1, 0.15) is 36.3 Å². The van der Waals surface area contributed by atoms with Crippen molar-refractivity contribution in [3.05, 3.63) is 96.1 Å². The van der Waals surface area contributed by atoms with E-state index >= 15 is 0 Å². The highest BCUT2D eigenvalue weighted by molar-refractivity contribution is 5.83. The van der Waals surface area contributed by atoms with E-state index in [2.05, 4.69) is 39.9 Å². The molecule has 1 fully saturated rings. The van der Waals surface area contributed by atoms with Crippen LogP contribution in [-0.4, -0.2) is 73.6 Å². The van der Waals surface area contributed by atoms with Gasteiger partial charge in [-0.15, -0.1) is 0 Å². The van der Waals surface area contributed by atoms with Gasteiger partial charge in [-0.2, -0.15) is 0 Å². The minimum atomic E-state index is -0.744. The highest BCUT2D eigenvalue weighted by Gasteiger charge is 2.33. The molecular formula is C33H40N6O4. The first kappa shape index (κ1) is 29.9. The second-order valence-corrected chi connectivity index (χ2v) is 10.9. The van der Waals surface area contributed by atoms with E-state index in [1.807, 2.05) is 59.5 Å². The van der Waals surface area contributed by atoms with Crippen LogP contribution in [0.3, 0.4) is 0 Å². The summed E-state index contributed by atoms with van der Waals surface area (Å²) in [6, 6.07) is 27.3. The predicted molar refractivity (Wildman–Crippen MR) is 166 cm³/mol. The number of hydrogen-bond acceptors (Lipinski definition) is 6. The number of para-hydroxylation sites is 2. The van der Waals surface area contributed by atoms with Crippen LogP contribution in [0.2, 0.25) is 0 Å². The second-order valence-electron chi connectivity index (χ2n) is 10.9. The number of nitrogens with one attached hydrogen (secondary N) is 2. The van der Waals surface area contributed by atoms with Crippen LogP contribution in [-0.2, 0) is 9.59 Å². The molecule has 6 N–H and O–H groups in total. The molecule has 0 radical (unpaired) electrons. The summed E-state index contributed by atoms with van der Waals surface area (Å²) >= 11 is 0. The average molecular weight is 585 g/mol. The van der Waals surface area contributed by atoms with Gasteiger partial charge in [0, 0.05) is 38.1 Å². The Hall–Kier alpha value is -4.57. The highest BCUT2D eigenvalue weighted by atomic mass is 16.6. The monoisotopic (exact) mass is 584 g/mol. The SMILES string of the molecule is NC(N)=NCCC[C@@H]1N[C@H](CNC(=O)C2COc3ccccc3O2)CCN(CC(c2ccccc2)c2ccccc2)C1=O. The molecule has 1 saturated heterocycles. The van der Waals surface area contributed by atoms with Crippen molar-refractivity contribution >= 4 is 17.8 Å². The van der Waals surface area contributed by atoms with Crippen molar-refractivity contribution in [2.45, 2.75) is 43.4 Å². The zero-order valence-corrected chi connectivity index (χ0v) is 24.2. The number of rotatable bonds is 11. The number of amides is 2. The summed E-state index contributed by atoms with van der Waals surface area (Å²) < 4.78 is 11.6. The van der Waals surface area contributed by atoms with Crippen molar-refractivity contribution in [3.63, 3.8) is 0 Å². The Kier molecular flexibility index (Phi) is 10.1. The molecule has 3 atom stereocenters. The van der Waals surface area contributed by atoms with Crippen LogP contribution in [0.5, 0.6) is 11.5 Å². The van der Waals surface area contributed by atoms with E-state index in [-0.39, 0.29) is 36.3 Å². The van der Waals surface area contributed by atoms with Gasteiger partial charge in [-0.25, -0.2) is 0 Å². The Morgan fingerprint density at radius 3 is 2.30 bits per heavy atom. The lowest BCUT2D eigenvalue weighted by atomic mass is 9.90. The maximum atomic E-state index is 14.0. The lowest BCUT2D eigenvalue weighted by Gasteiger charge is -2.29. The third kappa shape index (κ3) is 8.04. The number of ether oxygens (including phenoxy) is 2. The number of guanidine groups is 1.